The maximum absolute atomic E-state index is 12.4. The lowest BCUT2D eigenvalue weighted by Gasteiger charge is -2.15. The van der Waals surface area contributed by atoms with Crippen molar-refractivity contribution >= 4 is 39.8 Å². The Bertz CT molecular complexity index is 642. The van der Waals surface area contributed by atoms with E-state index >= 15 is 0 Å². The number of nitrogens with zero attached hydrogens (tertiary/aromatic N) is 2. The van der Waals surface area contributed by atoms with Crippen LogP contribution in [-0.2, 0) is 4.79 Å². The predicted octanol–water partition coefficient (Wildman–Crippen LogP) is 3.82. The van der Waals surface area contributed by atoms with Gasteiger partial charge in [-0.05, 0) is 24.5 Å². The Labute approximate surface area is 138 Å². The summed E-state index contributed by atoms with van der Waals surface area (Å²) in [5.41, 5.74) is 2.02. The summed E-state index contributed by atoms with van der Waals surface area (Å²) in [4.78, 5) is 12.4. The van der Waals surface area contributed by atoms with Crippen LogP contribution in [0.1, 0.15) is 32.3 Å². The van der Waals surface area contributed by atoms with Gasteiger partial charge in [-0.1, -0.05) is 55.1 Å². The van der Waals surface area contributed by atoms with Crippen LogP contribution in [0.4, 0.5) is 10.8 Å². The molecule has 0 aliphatic rings. The highest BCUT2D eigenvalue weighted by molar-refractivity contribution is 8.02. The zero-order valence-electron chi connectivity index (χ0n) is 13.1. The van der Waals surface area contributed by atoms with E-state index in [2.05, 4.69) is 34.7 Å². The minimum Gasteiger partial charge on any atom is -0.363 e. The first-order valence-corrected chi connectivity index (χ1v) is 8.78. The van der Waals surface area contributed by atoms with Gasteiger partial charge >= 0.3 is 0 Å². The van der Waals surface area contributed by atoms with Gasteiger partial charge in [0.05, 0.1) is 5.25 Å². The van der Waals surface area contributed by atoms with Crippen LogP contribution in [0, 0.1) is 0 Å². The van der Waals surface area contributed by atoms with E-state index in [1.807, 2.05) is 31.2 Å². The van der Waals surface area contributed by atoms with Crippen LogP contribution in [0.3, 0.4) is 0 Å². The third kappa shape index (κ3) is 4.20. The molecular weight excluding hydrogens is 316 g/mol. The number of aromatic nitrogens is 2. The largest absolute Gasteiger partial charge is 0.363 e. The highest BCUT2D eigenvalue weighted by Gasteiger charge is 2.18. The fourth-order valence-corrected chi connectivity index (χ4v) is 3.76. The van der Waals surface area contributed by atoms with E-state index in [0.717, 1.165) is 20.7 Å². The van der Waals surface area contributed by atoms with Crippen molar-refractivity contribution in [3.8, 4) is 0 Å². The van der Waals surface area contributed by atoms with E-state index in [-0.39, 0.29) is 11.2 Å². The summed E-state index contributed by atoms with van der Waals surface area (Å²) < 4.78 is 0.782. The Kier molecular flexibility index (Phi) is 5.79. The van der Waals surface area contributed by atoms with Gasteiger partial charge in [-0.15, -0.1) is 10.2 Å². The minimum atomic E-state index is -0.238. The molecule has 0 aliphatic carbocycles. The van der Waals surface area contributed by atoms with Gasteiger partial charge in [0.2, 0.25) is 11.0 Å². The van der Waals surface area contributed by atoms with E-state index in [9.17, 15) is 4.79 Å². The lowest BCUT2D eigenvalue weighted by atomic mass is 10.0. The number of anilines is 2. The lowest BCUT2D eigenvalue weighted by molar-refractivity contribution is -0.115. The summed E-state index contributed by atoms with van der Waals surface area (Å²) in [6, 6.07) is 7.91. The highest BCUT2D eigenvalue weighted by atomic mass is 32.2. The summed E-state index contributed by atoms with van der Waals surface area (Å²) in [7, 11) is 1.80. The molecular formula is C15H20N4OS2. The average molecular weight is 336 g/mol. The van der Waals surface area contributed by atoms with Gasteiger partial charge in [-0.3, -0.25) is 4.79 Å². The van der Waals surface area contributed by atoms with Gasteiger partial charge in [0.15, 0.2) is 4.34 Å². The quantitative estimate of drug-likeness (QED) is 0.785. The van der Waals surface area contributed by atoms with Crippen molar-refractivity contribution in [1.82, 2.24) is 10.2 Å². The number of hydrogen-bond donors (Lipinski definition) is 2. The summed E-state index contributed by atoms with van der Waals surface area (Å²) in [5, 5.41) is 14.5. The standard InChI is InChI=1S/C15H20N4OS2/c1-9(2)11-7-5-6-8-12(11)17-13(20)10(3)21-15-19-18-14(16-4)22-15/h5-10H,1-4H3,(H,16,18)(H,17,20)/t10-/m0/s1. The Morgan fingerprint density at radius 1 is 1.23 bits per heavy atom. The van der Waals surface area contributed by atoms with E-state index in [0.29, 0.717) is 5.92 Å². The van der Waals surface area contributed by atoms with Crippen LogP contribution < -0.4 is 10.6 Å². The van der Waals surface area contributed by atoms with Crippen molar-refractivity contribution in [2.24, 2.45) is 0 Å². The van der Waals surface area contributed by atoms with Crippen molar-refractivity contribution in [3.05, 3.63) is 29.8 Å². The summed E-state index contributed by atoms with van der Waals surface area (Å²) in [6.07, 6.45) is 0. The van der Waals surface area contributed by atoms with Gasteiger partial charge in [0, 0.05) is 12.7 Å². The van der Waals surface area contributed by atoms with E-state index in [4.69, 9.17) is 0 Å². The molecule has 2 aromatic rings. The zero-order valence-corrected chi connectivity index (χ0v) is 14.7. The first-order valence-electron chi connectivity index (χ1n) is 7.09. The number of amides is 1. The van der Waals surface area contributed by atoms with Gasteiger partial charge in [-0.25, -0.2) is 0 Å². The number of carbonyl (C=O) groups is 1. The van der Waals surface area contributed by atoms with Crippen molar-refractivity contribution in [3.63, 3.8) is 0 Å². The van der Waals surface area contributed by atoms with Crippen LogP contribution in [-0.4, -0.2) is 28.4 Å². The molecule has 7 heteroatoms. The minimum absolute atomic E-state index is 0.0284. The van der Waals surface area contributed by atoms with Crippen LogP contribution in [0.15, 0.2) is 28.6 Å². The first-order chi connectivity index (χ1) is 10.5. The molecule has 5 nitrogen and oxygen atoms in total. The Balaban J connectivity index is 2.02. The van der Waals surface area contributed by atoms with Crippen molar-refractivity contribution in [2.45, 2.75) is 36.3 Å². The van der Waals surface area contributed by atoms with Crippen LogP contribution in [0.2, 0.25) is 0 Å². The summed E-state index contributed by atoms with van der Waals surface area (Å²) in [6.45, 7) is 6.10. The summed E-state index contributed by atoms with van der Waals surface area (Å²) >= 11 is 2.86. The van der Waals surface area contributed by atoms with Crippen LogP contribution in [0.5, 0.6) is 0 Å². The molecule has 0 aliphatic heterocycles. The van der Waals surface area contributed by atoms with Gasteiger partial charge in [-0.2, -0.15) is 0 Å². The van der Waals surface area contributed by atoms with Crippen LogP contribution in [0.25, 0.3) is 0 Å². The van der Waals surface area contributed by atoms with E-state index < -0.39 is 0 Å². The second kappa shape index (κ2) is 7.60. The van der Waals surface area contributed by atoms with Crippen molar-refractivity contribution < 1.29 is 4.79 Å². The number of hydrogen-bond acceptors (Lipinski definition) is 6. The molecule has 1 heterocycles. The maximum atomic E-state index is 12.4. The Morgan fingerprint density at radius 3 is 2.59 bits per heavy atom. The SMILES string of the molecule is CNc1nnc(S[C@@H](C)C(=O)Nc2ccccc2C(C)C)s1. The van der Waals surface area contributed by atoms with Gasteiger partial charge in [0.1, 0.15) is 0 Å². The predicted molar refractivity (Wildman–Crippen MR) is 93.9 cm³/mol. The molecule has 0 bridgehead atoms. The number of nitrogens with one attached hydrogen (secondary N) is 2. The fraction of sp³-hybridized carbons (Fsp3) is 0.400. The normalized spacial score (nSPS) is 12.2. The number of benzene rings is 1. The molecule has 0 saturated carbocycles. The van der Waals surface area contributed by atoms with E-state index in [1.54, 1.807) is 7.05 Å². The molecule has 1 atom stereocenters. The molecule has 0 spiro atoms. The molecule has 118 valence electrons. The molecule has 0 radical (unpaired) electrons. The average Bonchev–Trinajstić information content (AvgIpc) is 2.95. The molecule has 0 unspecified atom stereocenters. The molecule has 1 aromatic heterocycles. The third-order valence-electron chi connectivity index (χ3n) is 3.11. The highest BCUT2D eigenvalue weighted by Crippen LogP contribution is 2.30. The Hall–Kier alpha value is -1.60. The number of carbonyl (C=O) groups excluding carboxylic acids is 1. The molecule has 2 rings (SSSR count). The third-order valence-corrected chi connectivity index (χ3v) is 5.23. The molecule has 2 N–H and O–H groups in total. The smallest absolute Gasteiger partial charge is 0.237 e. The van der Waals surface area contributed by atoms with Gasteiger partial charge < -0.3 is 10.6 Å². The molecule has 1 amide bonds. The van der Waals surface area contributed by atoms with Crippen molar-refractivity contribution in [1.29, 1.82) is 0 Å². The lowest BCUT2D eigenvalue weighted by Crippen LogP contribution is -2.23. The maximum Gasteiger partial charge on any atom is 0.237 e. The number of thioether (sulfide) groups is 1. The second-order valence-corrected chi connectivity index (χ2v) is 7.68. The topological polar surface area (TPSA) is 66.9 Å². The molecule has 0 saturated heterocycles. The summed E-state index contributed by atoms with van der Waals surface area (Å²) in [5.74, 6) is 0.333. The van der Waals surface area contributed by atoms with Crippen LogP contribution >= 0.6 is 23.1 Å². The first kappa shape index (κ1) is 16.8. The van der Waals surface area contributed by atoms with Gasteiger partial charge in [0.25, 0.3) is 0 Å². The molecule has 0 fully saturated rings. The van der Waals surface area contributed by atoms with Crippen molar-refractivity contribution in [2.75, 3.05) is 17.7 Å². The zero-order chi connectivity index (χ0) is 16.1. The monoisotopic (exact) mass is 336 g/mol. The van der Waals surface area contributed by atoms with E-state index in [1.165, 1.54) is 23.1 Å². The molecule has 1 aromatic carbocycles. The Morgan fingerprint density at radius 2 is 1.95 bits per heavy atom. The fourth-order valence-electron chi connectivity index (χ4n) is 1.91. The number of para-hydroxylation sites is 1. The number of rotatable bonds is 6. The second-order valence-electron chi connectivity index (χ2n) is 5.11. The molecule has 22 heavy (non-hydrogen) atoms.